The molecule has 0 radical (unpaired) electrons. The van der Waals surface area contributed by atoms with E-state index in [1.807, 2.05) is 6.92 Å². The number of hydrogen-bond donors (Lipinski definition) is 1. The quantitative estimate of drug-likeness (QED) is 0.494. The summed E-state index contributed by atoms with van der Waals surface area (Å²) in [5.41, 5.74) is -0.561. The summed E-state index contributed by atoms with van der Waals surface area (Å²) in [4.78, 5) is 21.7. The van der Waals surface area contributed by atoms with Crippen molar-refractivity contribution in [1.82, 2.24) is 5.32 Å². The number of nitro benzene ring substituents is 1. The number of benzene rings is 1. The van der Waals surface area contributed by atoms with Crippen LogP contribution >= 0.6 is 15.9 Å². The van der Waals surface area contributed by atoms with Crippen molar-refractivity contribution in [3.8, 4) is 0 Å². The maximum absolute atomic E-state index is 13.5. The number of halogens is 2. The van der Waals surface area contributed by atoms with Crippen LogP contribution in [0.4, 0.5) is 10.1 Å². The lowest BCUT2D eigenvalue weighted by Crippen LogP contribution is -2.26. The zero-order valence-corrected chi connectivity index (χ0v) is 11.9. The minimum absolute atomic E-state index is 0.187. The second-order valence-corrected chi connectivity index (χ2v) is 5.27. The molecule has 0 spiro atoms. The van der Waals surface area contributed by atoms with Gasteiger partial charge in [0.2, 0.25) is 0 Å². The molecule has 1 aromatic rings. The van der Waals surface area contributed by atoms with Crippen molar-refractivity contribution in [2.45, 2.75) is 24.6 Å². The zero-order valence-electron chi connectivity index (χ0n) is 10.4. The van der Waals surface area contributed by atoms with E-state index in [9.17, 15) is 19.3 Å². The van der Waals surface area contributed by atoms with E-state index in [0.717, 1.165) is 31.0 Å². The highest BCUT2D eigenvalue weighted by Gasteiger charge is 2.15. The van der Waals surface area contributed by atoms with Crippen LogP contribution in [0.25, 0.3) is 0 Å². The number of carbonyl (C=O) groups is 1. The summed E-state index contributed by atoms with van der Waals surface area (Å²) < 4.78 is 13.5. The summed E-state index contributed by atoms with van der Waals surface area (Å²) in [5.74, 6) is -1.46. The van der Waals surface area contributed by atoms with E-state index < -0.39 is 16.6 Å². The Balaban J connectivity index is 2.65. The Morgan fingerprint density at radius 3 is 2.79 bits per heavy atom. The fourth-order valence-electron chi connectivity index (χ4n) is 1.44. The smallest absolute Gasteiger partial charge is 0.272 e. The number of carbonyl (C=O) groups excluding carboxylic acids is 1. The van der Waals surface area contributed by atoms with Gasteiger partial charge in [-0.15, -0.1) is 0 Å². The molecule has 19 heavy (non-hydrogen) atoms. The molecule has 0 saturated carbocycles. The maximum atomic E-state index is 13.5. The van der Waals surface area contributed by atoms with E-state index in [1.54, 1.807) is 0 Å². The predicted molar refractivity (Wildman–Crippen MR) is 73.0 cm³/mol. The van der Waals surface area contributed by atoms with Gasteiger partial charge >= 0.3 is 0 Å². The van der Waals surface area contributed by atoms with Crippen molar-refractivity contribution in [3.05, 3.63) is 39.7 Å². The first kappa shape index (κ1) is 15.6. The molecule has 104 valence electrons. The van der Waals surface area contributed by atoms with Gasteiger partial charge in [-0.2, -0.15) is 0 Å². The number of hydrogen-bond acceptors (Lipinski definition) is 3. The highest BCUT2D eigenvalue weighted by Crippen LogP contribution is 2.16. The van der Waals surface area contributed by atoms with Crippen LogP contribution in [0.2, 0.25) is 0 Å². The molecule has 1 unspecified atom stereocenters. The molecule has 1 N–H and O–H groups in total. The van der Waals surface area contributed by atoms with E-state index >= 15 is 0 Å². The molecule has 0 aliphatic heterocycles. The summed E-state index contributed by atoms with van der Waals surface area (Å²) in [6.45, 7) is 2.43. The Kier molecular flexibility index (Phi) is 5.88. The van der Waals surface area contributed by atoms with Crippen LogP contribution in [0.15, 0.2) is 18.2 Å². The van der Waals surface area contributed by atoms with Gasteiger partial charge in [0.25, 0.3) is 11.6 Å². The highest BCUT2D eigenvalue weighted by atomic mass is 79.9. The Morgan fingerprint density at radius 2 is 2.26 bits per heavy atom. The lowest BCUT2D eigenvalue weighted by atomic mass is 10.1. The summed E-state index contributed by atoms with van der Waals surface area (Å²) >= 11 is 3.42. The van der Waals surface area contributed by atoms with Gasteiger partial charge in [-0.3, -0.25) is 14.9 Å². The van der Waals surface area contributed by atoms with Gasteiger partial charge in [-0.25, -0.2) is 4.39 Å². The van der Waals surface area contributed by atoms with Crippen molar-refractivity contribution in [2.24, 2.45) is 0 Å². The molecule has 0 bridgehead atoms. The van der Waals surface area contributed by atoms with E-state index in [-0.39, 0.29) is 11.3 Å². The SMILES string of the molecule is CCC(Br)CCNC(=O)c1ccc([N+](=O)[O-])cc1F. The van der Waals surface area contributed by atoms with Gasteiger partial charge in [0.15, 0.2) is 0 Å². The van der Waals surface area contributed by atoms with Crippen LogP contribution in [-0.4, -0.2) is 22.2 Å². The number of nitro groups is 1. The average Bonchev–Trinajstić information content (AvgIpc) is 2.37. The second kappa shape index (κ2) is 7.18. The monoisotopic (exact) mass is 332 g/mol. The number of non-ortho nitro benzene ring substituents is 1. The predicted octanol–water partition coefficient (Wildman–Crippen LogP) is 3.03. The molecule has 5 nitrogen and oxygen atoms in total. The molecule has 1 aromatic carbocycles. The lowest BCUT2D eigenvalue weighted by molar-refractivity contribution is -0.385. The summed E-state index contributed by atoms with van der Waals surface area (Å²) in [6.07, 6.45) is 1.67. The fourth-order valence-corrected chi connectivity index (χ4v) is 1.67. The first-order valence-corrected chi connectivity index (χ1v) is 6.73. The third-order valence-electron chi connectivity index (χ3n) is 2.59. The highest BCUT2D eigenvalue weighted by molar-refractivity contribution is 9.09. The topological polar surface area (TPSA) is 72.2 Å². The first-order chi connectivity index (χ1) is 8.95. The van der Waals surface area contributed by atoms with E-state index in [4.69, 9.17) is 0 Å². The largest absolute Gasteiger partial charge is 0.352 e. The van der Waals surface area contributed by atoms with Crippen LogP contribution in [0.1, 0.15) is 30.1 Å². The fraction of sp³-hybridized carbons (Fsp3) is 0.417. The number of rotatable bonds is 6. The minimum atomic E-state index is -0.891. The first-order valence-electron chi connectivity index (χ1n) is 5.82. The van der Waals surface area contributed by atoms with Crippen molar-refractivity contribution in [1.29, 1.82) is 0 Å². The number of nitrogens with one attached hydrogen (secondary N) is 1. The standard InChI is InChI=1S/C12H14BrFN2O3/c1-2-8(13)5-6-15-12(17)10-4-3-9(16(18)19)7-11(10)14/h3-4,7-8H,2,5-6H2,1H3,(H,15,17). The van der Waals surface area contributed by atoms with Crippen LogP contribution < -0.4 is 5.32 Å². The molecule has 0 fully saturated rings. The van der Waals surface area contributed by atoms with Crippen LogP contribution in [-0.2, 0) is 0 Å². The minimum Gasteiger partial charge on any atom is -0.352 e. The van der Waals surface area contributed by atoms with Gasteiger partial charge in [0.05, 0.1) is 16.6 Å². The molecule has 0 aliphatic rings. The van der Waals surface area contributed by atoms with Crippen molar-refractivity contribution < 1.29 is 14.1 Å². The Morgan fingerprint density at radius 1 is 1.58 bits per heavy atom. The second-order valence-electron chi connectivity index (χ2n) is 3.97. The van der Waals surface area contributed by atoms with Gasteiger partial charge < -0.3 is 5.32 Å². The lowest BCUT2D eigenvalue weighted by Gasteiger charge is -2.08. The number of nitrogens with zero attached hydrogens (tertiary/aromatic N) is 1. The molecule has 0 aromatic heterocycles. The Hall–Kier alpha value is -1.50. The van der Waals surface area contributed by atoms with E-state index in [0.29, 0.717) is 11.4 Å². The number of amides is 1. The summed E-state index contributed by atoms with van der Waals surface area (Å²) in [7, 11) is 0. The van der Waals surface area contributed by atoms with Gasteiger partial charge in [-0.05, 0) is 18.9 Å². The molecule has 7 heteroatoms. The Bertz CT molecular complexity index is 482. The van der Waals surface area contributed by atoms with Crippen molar-refractivity contribution in [2.75, 3.05) is 6.54 Å². The summed E-state index contributed by atoms with van der Waals surface area (Å²) in [5, 5.41) is 13.0. The van der Waals surface area contributed by atoms with Crippen LogP contribution in [0.3, 0.4) is 0 Å². The average molecular weight is 333 g/mol. The van der Waals surface area contributed by atoms with E-state index in [1.165, 1.54) is 0 Å². The van der Waals surface area contributed by atoms with E-state index in [2.05, 4.69) is 21.2 Å². The molecule has 1 rings (SSSR count). The normalized spacial score (nSPS) is 11.9. The molecule has 1 atom stereocenters. The third kappa shape index (κ3) is 4.59. The zero-order chi connectivity index (χ0) is 14.4. The Labute approximate surface area is 118 Å². The molecule has 0 saturated heterocycles. The summed E-state index contributed by atoms with van der Waals surface area (Å²) in [6, 6.07) is 2.97. The molecule has 0 aliphatic carbocycles. The molecule has 1 amide bonds. The van der Waals surface area contributed by atoms with Gasteiger partial charge in [0, 0.05) is 17.4 Å². The molecule has 0 heterocycles. The maximum Gasteiger partial charge on any atom is 0.272 e. The number of alkyl halides is 1. The van der Waals surface area contributed by atoms with Crippen LogP contribution in [0.5, 0.6) is 0 Å². The van der Waals surface area contributed by atoms with Crippen LogP contribution in [0, 0.1) is 15.9 Å². The van der Waals surface area contributed by atoms with Gasteiger partial charge in [0.1, 0.15) is 5.82 Å². The van der Waals surface area contributed by atoms with Crippen molar-refractivity contribution in [3.63, 3.8) is 0 Å². The third-order valence-corrected chi connectivity index (χ3v) is 3.70. The molecular formula is C12H14BrFN2O3. The molecular weight excluding hydrogens is 319 g/mol. The van der Waals surface area contributed by atoms with Gasteiger partial charge in [-0.1, -0.05) is 22.9 Å². The van der Waals surface area contributed by atoms with Crippen molar-refractivity contribution >= 4 is 27.5 Å².